The Bertz CT molecular complexity index is 462. The maximum Gasteiger partial charge on any atom is 0.176 e. The van der Waals surface area contributed by atoms with Gasteiger partial charge in [0, 0.05) is 17.0 Å². The SMILES string of the molecule is [CH2-]n1nnc(Cc2c(F)cccc2Cl)n1. The minimum absolute atomic E-state index is 0.209. The first-order valence-electron chi connectivity index (χ1n) is 4.19. The van der Waals surface area contributed by atoms with Crippen molar-refractivity contribution in [1.29, 1.82) is 0 Å². The molecule has 78 valence electrons. The molecule has 0 atom stereocenters. The Kier molecular flexibility index (Phi) is 2.55. The molecular weight excluding hydrogens is 219 g/mol. The first kappa shape index (κ1) is 9.92. The van der Waals surface area contributed by atoms with Crippen LogP contribution < -0.4 is 0 Å². The zero-order valence-corrected chi connectivity index (χ0v) is 8.45. The molecule has 0 spiro atoms. The molecule has 0 amide bonds. The summed E-state index contributed by atoms with van der Waals surface area (Å²) in [6, 6.07) is 4.51. The van der Waals surface area contributed by atoms with Crippen LogP contribution in [0.2, 0.25) is 5.02 Å². The van der Waals surface area contributed by atoms with Crippen LogP contribution in [0.1, 0.15) is 11.4 Å². The summed E-state index contributed by atoms with van der Waals surface area (Å²) in [7, 11) is 3.43. The summed E-state index contributed by atoms with van der Waals surface area (Å²) in [5.74, 6) is 0.0138. The average molecular weight is 226 g/mol. The Labute approximate surface area is 90.7 Å². The molecule has 0 fully saturated rings. The Morgan fingerprint density at radius 1 is 1.47 bits per heavy atom. The van der Waals surface area contributed by atoms with Crippen molar-refractivity contribution < 1.29 is 4.39 Å². The third-order valence-corrected chi connectivity index (χ3v) is 2.24. The van der Waals surface area contributed by atoms with Gasteiger partial charge in [-0.05, 0) is 12.1 Å². The van der Waals surface area contributed by atoms with Crippen molar-refractivity contribution in [3.05, 3.63) is 47.5 Å². The van der Waals surface area contributed by atoms with Crippen molar-refractivity contribution in [1.82, 2.24) is 20.2 Å². The van der Waals surface area contributed by atoms with E-state index in [0.29, 0.717) is 16.4 Å². The minimum Gasteiger partial charge on any atom is -0.301 e. The maximum absolute atomic E-state index is 13.4. The van der Waals surface area contributed by atoms with Gasteiger partial charge in [0.15, 0.2) is 5.82 Å². The molecule has 1 aromatic carbocycles. The molecule has 0 bridgehead atoms. The van der Waals surface area contributed by atoms with E-state index in [1.807, 2.05) is 0 Å². The van der Waals surface area contributed by atoms with Gasteiger partial charge in [-0.1, -0.05) is 22.9 Å². The molecule has 4 nitrogen and oxygen atoms in total. The van der Waals surface area contributed by atoms with Crippen LogP contribution in [0.4, 0.5) is 4.39 Å². The summed E-state index contributed by atoms with van der Waals surface area (Å²) < 4.78 is 13.4. The Morgan fingerprint density at radius 3 is 2.87 bits per heavy atom. The molecule has 0 radical (unpaired) electrons. The molecule has 0 aliphatic carbocycles. The summed E-state index contributed by atoms with van der Waals surface area (Å²) in [4.78, 5) is 1.07. The quantitative estimate of drug-likeness (QED) is 0.731. The van der Waals surface area contributed by atoms with Crippen LogP contribution in [0.3, 0.4) is 0 Å². The van der Waals surface area contributed by atoms with E-state index >= 15 is 0 Å². The predicted octanol–water partition coefficient (Wildman–Crippen LogP) is 1.70. The second-order valence-corrected chi connectivity index (χ2v) is 3.36. The highest BCUT2D eigenvalue weighted by molar-refractivity contribution is 6.31. The van der Waals surface area contributed by atoms with Crippen molar-refractivity contribution >= 4 is 11.6 Å². The molecule has 0 N–H and O–H groups in total. The molecule has 0 saturated carbocycles. The second kappa shape index (κ2) is 3.86. The van der Waals surface area contributed by atoms with E-state index in [9.17, 15) is 4.39 Å². The Morgan fingerprint density at radius 2 is 2.27 bits per heavy atom. The van der Waals surface area contributed by atoms with E-state index in [4.69, 9.17) is 11.6 Å². The van der Waals surface area contributed by atoms with Crippen LogP contribution >= 0.6 is 11.6 Å². The van der Waals surface area contributed by atoms with Crippen molar-refractivity contribution in [2.45, 2.75) is 6.42 Å². The third kappa shape index (κ3) is 2.07. The molecule has 0 unspecified atom stereocenters. The summed E-state index contributed by atoms with van der Waals surface area (Å²) >= 11 is 5.85. The van der Waals surface area contributed by atoms with E-state index in [0.717, 1.165) is 4.80 Å². The van der Waals surface area contributed by atoms with E-state index in [-0.39, 0.29) is 12.2 Å². The molecule has 0 aliphatic heterocycles. The number of hydrogen-bond donors (Lipinski definition) is 0. The van der Waals surface area contributed by atoms with E-state index in [1.165, 1.54) is 6.07 Å². The minimum atomic E-state index is -0.372. The fourth-order valence-corrected chi connectivity index (χ4v) is 1.44. The van der Waals surface area contributed by atoms with Gasteiger partial charge in [0.05, 0.1) is 0 Å². The Balaban J connectivity index is 2.31. The number of nitrogens with zero attached hydrogens (tertiary/aromatic N) is 4. The number of tetrazole rings is 1. The molecule has 2 rings (SSSR count). The summed E-state index contributed by atoms with van der Waals surface area (Å²) in [5, 5.41) is 11.5. The van der Waals surface area contributed by atoms with E-state index in [1.54, 1.807) is 12.1 Å². The molecular formula is C9H7ClFN4-. The molecule has 0 aliphatic rings. The first-order valence-corrected chi connectivity index (χ1v) is 4.57. The highest BCUT2D eigenvalue weighted by Crippen LogP contribution is 2.20. The topological polar surface area (TPSA) is 43.6 Å². The van der Waals surface area contributed by atoms with Gasteiger partial charge in [0.2, 0.25) is 0 Å². The van der Waals surface area contributed by atoms with Gasteiger partial charge >= 0.3 is 0 Å². The average Bonchev–Trinajstić information content (AvgIpc) is 2.58. The van der Waals surface area contributed by atoms with Gasteiger partial charge < -0.3 is 4.80 Å². The third-order valence-electron chi connectivity index (χ3n) is 1.89. The smallest absolute Gasteiger partial charge is 0.176 e. The number of rotatable bonds is 2. The standard InChI is InChI=1S/C9H7ClFN4/c1-15-13-9(12-14-15)5-6-7(10)3-2-4-8(6)11/h2-4H,1,5H2/q-1. The fourth-order valence-electron chi connectivity index (χ4n) is 1.21. The molecule has 2 aromatic rings. The number of hydrogen-bond acceptors (Lipinski definition) is 3. The molecule has 1 aromatic heterocycles. The number of halogens is 2. The van der Waals surface area contributed by atoms with Gasteiger partial charge in [0.25, 0.3) is 0 Å². The normalized spacial score (nSPS) is 10.5. The highest BCUT2D eigenvalue weighted by atomic mass is 35.5. The van der Waals surface area contributed by atoms with Crippen molar-refractivity contribution in [3.63, 3.8) is 0 Å². The van der Waals surface area contributed by atoms with Gasteiger partial charge in [-0.25, -0.2) is 4.39 Å². The maximum atomic E-state index is 13.4. The summed E-state index contributed by atoms with van der Waals surface area (Å²) in [6.07, 6.45) is 0.209. The number of aromatic nitrogens is 4. The van der Waals surface area contributed by atoms with Crippen LogP contribution in [0.5, 0.6) is 0 Å². The lowest BCUT2D eigenvalue weighted by molar-refractivity contribution is 0.612. The Hall–Kier alpha value is -1.62. The first-order chi connectivity index (χ1) is 7.16. The van der Waals surface area contributed by atoms with Gasteiger partial charge in [0.1, 0.15) is 5.82 Å². The van der Waals surface area contributed by atoms with E-state index in [2.05, 4.69) is 22.5 Å². The highest BCUT2D eigenvalue weighted by Gasteiger charge is 2.09. The summed E-state index contributed by atoms with van der Waals surface area (Å²) in [6.45, 7) is 0. The summed E-state index contributed by atoms with van der Waals surface area (Å²) in [5.41, 5.74) is 0.368. The molecule has 6 heteroatoms. The van der Waals surface area contributed by atoms with Crippen LogP contribution in [0, 0.1) is 12.9 Å². The molecule has 15 heavy (non-hydrogen) atoms. The lowest BCUT2D eigenvalue weighted by Gasteiger charge is -2.02. The van der Waals surface area contributed by atoms with Gasteiger partial charge in [-0.2, -0.15) is 5.10 Å². The number of benzene rings is 1. The van der Waals surface area contributed by atoms with Crippen LogP contribution in [0.25, 0.3) is 0 Å². The largest absolute Gasteiger partial charge is 0.301 e. The second-order valence-electron chi connectivity index (χ2n) is 2.95. The lowest BCUT2D eigenvalue weighted by atomic mass is 10.1. The monoisotopic (exact) mass is 225 g/mol. The zero-order chi connectivity index (χ0) is 10.8. The van der Waals surface area contributed by atoms with E-state index < -0.39 is 0 Å². The van der Waals surface area contributed by atoms with Crippen LogP contribution in [-0.2, 0) is 6.42 Å². The zero-order valence-electron chi connectivity index (χ0n) is 7.69. The predicted molar refractivity (Wildman–Crippen MR) is 52.8 cm³/mol. The van der Waals surface area contributed by atoms with Crippen LogP contribution in [0.15, 0.2) is 18.2 Å². The van der Waals surface area contributed by atoms with Crippen molar-refractivity contribution in [2.75, 3.05) is 0 Å². The van der Waals surface area contributed by atoms with Gasteiger partial charge in [-0.3, -0.25) is 7.05 Å². The van der Waals surface area contributed by atoms with Crippen molar-refractivity contribution in [2.24, 2.45) is 0 Å². The van der Waals surface area contributed by atoms with Gasteiger partial charge in [-0.15, -0.1) is 5.10 Å². The van der Waals surface area contributed by atoms with Crippen molar-refractivity contribution in [3.8, 4) is 0 Å². The molecule has 0 saturated heterocycles. The van der Waals surface area contributed by atoms with Crippen LogP contribution in [-0.4, -0.2) is 20.2 Å². The fraction of sp³-hybridized carbons (Fsp3) is 0.111. The lowest BCUT2D eigenvalue weighted by Crippen LogP contribution is -1.97. The molecule has 1 heterocycles.